The zero-order valence-corrected chi connectivity index (χ0v) is 12.6. The molecule has 1 aromatic rings. The molecule has 0 aliphatic heterocycles. The van der Waals surface area contributed by atoms with Crippen LogP contribution in [0.3, 0.4) is 0 Å². The second-order valence-electron chi connectivity index (χ2n) is 4.30. The number of carbonyl (C=O) groups excluding carboxylic acids is 1. The Balaban J connectivity index is 2.98. The van der Waals surface area contributed by atoms with Gasteiger partial charge >= 0.3 is 0 Å². The van der Waals surface area contributed by atoms with Gasteiger partial charge in [0.05, 0.1) is 12.1 Å². The zero-order chi connectivity index (χ0) is 14.4. The zero-order valence-electron chi connectivity index (χ0n) is 11.1. The molecule has 1 aromatic carbocycles. The van der Waals surface area contributed by atoms with Gasteiger partial charge in [0.25, 0.3) is 5.91 Å². The fourth-order valence-electron chi connectivity index (χ4n) is 1.71. The number of nitrogens with two attached hydrogens (primary N) is 1. The molecule has 6 heteroatoms. The first-order valence-corrected chi connectivity index (χ1v) is 6.80. The SMILES string of the molecule is CCCN(C/C(N)=N/O)C(=O)c1ccc(C)cc1Br. The van der Waals surface area contributed by atoms with E-state index in [9.17, 15) is 4.79 Å². The van der Waals surface area contributed by atoms with E-state index in [-0.39, 0.29) is 18.3 Å². The van der Waals surface area contributed by atoms with Crippen molar-refractivity contribution in [3.63, 3.8) is 0 Å². The lowest BCUT2D eigenvalue weighted by Gasteiger charge is -2.22. The Bertz CT molecular complexity index is 489. The number of hydrogen-bond acceptors (Lipinski definition) is 3. The maximum absolute atomic E-state index is 12.4. The predicted molar refractivity (Wildman–Crippen MR) is 78.5 cm³/mol. The van der Waals surface area contributed by atoms with Crippen LogP contribution in [0.15, 0.2) is 27.8 Å². The van der Waals surface area contributed by atoms with Gasteiger partial charge in [0, 0.05) is 11.0 Å². The Morgan fingerprint density at radius 3 is 2.74 bits per heavy atom. The molecule has 5 nitrogen and oxygen atoms in total. The van der Waals surface area contributed by atoms with E-state index in [1.54, 1.807) is 11.0 Å². The first-order valence-electron chi connectivity index (χ1n) is 6.01. The van der Waals surface area contributed by atoms with Crippen molar-refractivity contribution in [2.45, 2.75) is 20.3 Å². The monoisotopic (exact) mass is 327 g/mol. The highest BCUT2D eigenvalue weighted by Gasteiger charge is 2.18. The molecule has 0 unspecified atom stereocenters. The molecule has 3 N–H and O–H groups in total. The van der Waals surface area contributed by atoms with Gasteiger partial charge in [-0.1, -0.05) is 18.1 Å². The van der Waals surface area contributed by atoms with Crippen molar-refractivity contribution in [2.75, 3.05) is 13.1 Å². The maximum atomic E-state index is 12.4. The van der Waals surface area contributed by atoms with Crippen LogP contribution in [0.1, 0.15) is 29.3 Å². The Kier molecular flexibility index (Phi) is 5.82. The Morgan fingerprint density at radius 2 is 2.21 bits per heavy atom. The van der Waals surface area contributed by atoms with Gasteiger partial charge in [-0.15, -0.1) is 0 Å². The number of halogens is 1. The molecule has 0 heterocycles. The predicted octanol–water partition coefficient (Wildman–Crippen LogP) is 2.36. The van der Waals surface area contributed by atoms with Crippen molar-refractivity contribution >= 4 is 27.7 Å². The molecule has 0 radical (unpaired) electrons. The summed E-state index contributed by atoms with van der Waals surface area (Å²) < 4.78 is 0.748. The normalized spacial score (nSPS) is 11.4. The van der Waals surface area contributed by atoms with Crippen LogP contribution < -0.4 is 5.73 Å². The third-order valence-corrected chi connectivity index (χ3v) is 3.27. The van der Waals surface area contributed by atoms with Gasteiger partial charge in [-0.2, -0.15) is 0 Å². The molecule has 0 aromatic heterocycles. The average Bonchev–Trinajstić information content (AvgIpc) is 2.37. The Morgan fingerprint density at radius 1 is 1.53 bits per heavy atom. The molecular formula is C13H18BrN3O2. The number of aryl methyl sites for hydroxylation is 1. The number of nitrogens with zero attached hydrogens (tertiary/aromatic N) is 2. The van der Waals surface area contributed by atoms with Crippen LogP contribution in [0.2, 0.25) is 0 Å². The van der Waals surface area contributed by atoms with E-state index in [1.807, 2.05) is 26.0 Å². The van der Waals surface area contributed by atoms with Gasteiger partial charge < -0.3 is 15.8 Å². The minimum absolute atomic E-state index is 0.0186. The van der Waals surface area contributed by atoms with Crippen molar-refractivity contribution in [3.8, 4) is 0 Å². The van der Waals surface area contributed by atoms with Gasteiger partial charge in [0.1, 0.15) is 0 Å². The smallest absolute Gasteiger partial charge is 0.255 e. The molecule has 1 rings (SSSR count). The molecule has 0 bridgehead atoms. The first kappa shape index (κ1) is 15.5. The number of amides is 1. The summed E-state index contributed by atoms with van der Waals surface area (Å²) in [4.78, 5) is 14.0. The van der Waals surface area contributed by atoms with Crippen LogP contribution in [0.5, 0.6) is 0 Å². The molecule has 19 heavy (non-hydrogen) atoms. The standard InChI is InChI=1S/C13H18BrN3O2/c1-3-6-17(8-12(15)16-19)13(18)10-5-4-9(2)7-11(10)14/h4-5,7,19H,3,6,8H2,1-2H3,(H2,15,16). The van der Waals surface area contributed by atoms with E-state index in [0.29, 0.717) is 12.1 Å². The van der Waals surface area contributed by atoms with Crippen molar-refractivity contribution in [1.82, 2.24) is 4.90 Å². The fraction of sp³-hybridized carbons (Fsp3) is 0.385. The summed E-state index contributed by atoms with van der Waals surface area (Å²) in [6.07, 6.45) is 0.800. The van der Waals surface area contributed by atoms with Crippen molar-refractivity contribution in [2.24, 2.45) is 10.9 Å². The van der Waals surface area contributed by atoms with Gasteiger partial charge in [-0.05, 0) is 47.0 Å². The third-order valence-electron chi connectivity index (χ3n) is 2.62. The topological polar surface area (TPSA) is 78.9 Å². The van der Waals surface area contributed by atoms with Gasteiger partial charge in [-0.25, -0.2) is 0 Å². The molecule has 0 aliphatic rings. The number of hydrogen-bond donors (Lipinski definition) is 2. The van der Waals surface area contributed by atoms with Crippen LogP contribution in [-0.2, 0) is 0 Å². The fourth-order valence-corrected chi connectivity index (χ4v) is 2.38. The second kappa shape index (κ2) is 7.13. The molecule has 0 saturated heterocycles. The Labute approximate surface area is 121 Å². The molecule has 0 spiro atoms. The molecular weight excluding hydrogens is 310 g/mol. The van der Waals surface area contributed by atoms with Crippen molar-refractivity contribution in [3.05, 3.63) is 33.8 Å². The number of oxime groups is 1. The van der Waals surface area contributed by atoms with Crippen LogP contribution in [0, 0.1) is 6.92 Å². The minimum atomic E-state index is -0.139. The average molecular weight is 328 g/mol. The number of rotatable bonds is 5. The summed E-state index contributed by atoms with van der Waals surface area (Å²) in [6, 6.07) is 5.54. The molecule has 0 aliphatic carbocycles. The number of amidine groups is 1. The highest BCUT2D eigenvalue weighted by Crippen LogP contribution is 2.20. The summed E-state index contributed by atoms with van der Waals surface area (Å²) in [5.74, 6) is -0.120. The molecule has 0 fully saturated rings. The lowest BCUT2D eigenvalue weighted by molar-refractivity contribution is 0.0777. The summed E-state index contributed by atoms with van der Waals surface area (Å²) in [7, 11) is 0. The summed E-state index contributed by atoms with van der Waals surface area (Å²) >= 11 is 3.39. The molecule has 0 saturated carbocycles. The first-order chi connectivity index (χ1) is 8.99. The summed E-state index contributed by atoms with van der Waals surface area (Å²) in [5, 5.41) is 11.5. The van der Waals surface area contributed by atoms with E-state index >= 15 is 0 Å². The van der Waals surface area contributed by atoms with Gasteiger partial charge in [0.15, 0.2) is 5.84 Å². The molecule has 0 atom stereocenters. The van der Waals surface area contributed by atoms with Crippen LogP contribution >= 0.6 is 15.9 Å². The number of benzene rings is 1. The Hall–Kier alpha value is -1.56. The minimum Gasteiger partial charge on any atom is -0.409 e. The molecule has 1 amide bonds. The third kappa shape index (κ3) is 4.24. The van der Waals surface area contributed by atoms with E-state index in [1.165, 1.54) is 0 Å². The highest BCUT2D eigenvalue weighted by molar-refractivity contribution is 9.10. The van der Waals surface area contributed by atoms with E-state index in [2.05, 4.69) is 21.1 Å². The lowest BCUT2D eigenvalue weighted by Crippen LogP contribution is -2.39. The van der Waals surface area contributed by atoms with Crippen LogP contribution in [0.25, 0.3) is 0 Å². The quantitative estimate of drug-likeness (QED) is 0.377. The van der Waals surface area contributed by atoms with Crippen LogP contribution in [-0.4, -0.2) is 34.9 Å². The van der Waals surface area contributed by atoms with Crippen molar-refractivity contribution < 1.29 is 10.0 Å². The van der Waals surface area contributed by atoms with Gasteiger partial charge in [-0.3, -0.25) is 4.79 Å². The molecule has 104 valence electrons. The van der Waals surface area contributed by atoms with E-state index in [4.69, 9.17) is 10.9 Å². The maximum Gasteiger partial charge on any atom is 0.255 e. The second-order valence-corrected chi connectivity index (χ2v) is 5.16. The highest BCUT2D eigenvalue weighted by atomic mass is 79.9. The van der Waals surface area contributed by atoms with E-state index in [0.717, 1.165) is 16.5 Å². The number of carbonyl (C=O) groups is 1. The van der Waals surface area contributed by atoms with Crippen molar-refractivity contribution in [1.29, 1.82) is 0 Å². The lowest BCUT2D eigenvalue weighted by atomic mass is 10.1. The van der Waals surface area contributed by atoms with Gasteiger partial charge in [0.2, 0.25) is 0 Å². The van der Waals surface area contributed by atoms with E-state index < -0.39 is 0 Å². The summed E-state index contributed by atoms with van der Waals surface area (Å²) in [6.45, 7) is 4.59. The van der Waals surface area contributed by atoms with Crippen LogP contribution in [0.4, 0.5) is 0 Å². The largest absolute Gasteiger partial charge is 0.409 e. The summed E-state index contributed by atoms with van der Waals surface area (Å²) in [5.41, 5.74) is 7.12.